The van der Waals surface area contributed by atoms with E-state index in [2.05, 4.69) is 10.2 Å². The Morgan fingerprint density at radius 3 is 2.57 bits per heavy atom. The maximum atomic E-state index is 12.5. The van der Waals surface area contributed by atoms with Crippen LogP contribution in [0.1, 0.15) is 24.8 Å². The lowest BCUT2D eigenvalue weighted by Crippen LogP contribution is -2.52. The fourth-order valence-electron chi connectivity index (χ4n) is 3.94. The van der Waals surface area contributed by atoms with Gasteiger partial charge in [0.2, 0.25) is 5.91 Å². The predicted molar refractivity (Wildman–Crippen MR) is 108 cm³/mol. The molecule has 2 fully saturated rings. The number of amides is 1. The van der Waals surface area contributed by atoms with E-state index in [4.69, 9.17) is 9.47 Å². The summed E-state index contributed by atoms with van der Waals surface area (Å²) in [6.45, 7) is 1.78. The number of hydrogen-bond acceptors (Lipinski definition) is 6. The summed E-state index contributed by atoms with van der Waals surface area (Å²) in [5, 5.41) is 2.90. The minimum absolute atomic E-state index is 0.00374. The van der Waals surface area contributed by atoms with Gasteiger partial charge in [-0.15, -0.1) is 0 Å². The summed E-state index contributed by atoms with van der Waals surface area (Å²) < 4.78 is 34.9. The first-order valence-electron chi connectivity index (χ1n) is 9.57. The minimum atomic E-state index is -3.14. The van der Waals surface area contributed by atoms with Crippen LogP contribution in [0, 0.1) is 0 Å². The van der Waals surface area contributed by atoms with Crippen LogP contribution < -0.4 is 14.8 Å². The molecule has 2 aliphatic heterocycles. The van der Waals surface area contributed by atoms with Gasteiger partial charge in [-0.25, -0.2) is 8.42 Å². The van der Waals surface area contributed by atoms with E-state index in [0.717, 1.165) is 25.9 Å². The lowest BCUT2D eigenvalue weighted by Gasteiger charge is -2.34. The quantitative estimate of drug-likeness (QED) is 0.718. The fourth-order valence-corrected chi connectivity index (χ4v) is 5.89. The van der Waals surface area contributed by atoms with E-state index in [1.807, 2.05) is 0 Å². The average Bonchev–Trinajstić information content (AvgIpc) is 3.00. The molecule has 8 heteroatoms. The molecule has 28 heavy (non-hydrogen) atoms. The average molecular weight is 409 g/mol. The molecule has 2 aliphatic rings. The third-order valence-corrected chi connectivity index (χ3v) is 7.08. The highest BCUT2D eigenvalue weighted by Crippen LogP contribution is 2.25. The number of rotatable bonds is 6. The van der Waals surface area contributed by atoms with Crippen molar-refractivity contribution in [2.75, 3.05) is 38.8 Å². The lowest BCUT2D eigenvalue weighted by molar-refractivity contribution is -0.117. The number of carbonyl (C=O) groups is 1. The molecule has 154 valence electrons. The van der Waals surface area contributed by atoms with Crippen LogP contribution in [-0.4, -0.2) is 70.1 Å². The van der Waals surface area contributed by atoms with Gasteiger partial charge in [0.15, 0.2) is 9.84 Å². The molecular weight excluding hydrogens is 380 g/mol. The first-order valence-corrected chi connectivity index (χ1v) is 11.4. The van der Waals surface area contributed by atoms with Crippen molar-refractivity contribution >= 4 is 21.8 Å². The van der Waals surface area contributed by atoms with Gasteiger partial charge in [0.1, 0.15) is 11.5 Å². The second-order valence-corrected chi connectivity index (χ2v) is 9.45. The molecule has 1 N–H and O–H groups in total. The molecular formula is C20H28N2O5S. The summed E-state index contributed by atoms with van der Waals surface area (Å²) in [6, 6.07) is 4.80. The van der Waals surface area contributed by atoms with Crippen LogP contribution in [0.15, 0.2) is 24.3 Å². The largest absolute Gasteiger partial charge is 0.497 e. The van der Waals surface area contributed by atoms with Crippen LogP contribution in [0.4, 0.5) is 0 Å². The van der Waals surface area contributed by atoms with E-state index in [0.29, 0.717) is 17.1 Å². The molecule has 0 spiro atoms. The van der Waals surface area contributed by atoms with Crippen molar-refractivity contribution in [2.45, 2.75) is 31.3 Å². The first kappa shape index (κ1) is 20.7. The molecule has 0 bridgehead atoms. The summed E-state index contributed by atoms with van der Waals surface area (Å²) in [6.07, 6.45) is 6.39. The van der Waals surface area contributed by atoms with Gasteiger partial charge in [0.05, 0.1) is 31.8 Å². The van der Waals surface area contributed by atoms with Gasteiger partial charge in [-0.1, -0.05) is 6.42 Å². The molecule has 2 heterocycles. The van der Waals surface area contributed by atoms with Crippen molar-refractivity contribution in [3.63, 3.8) is 0 Å². The van der Waals surface area contributed by atoms with Crippen LogP contribution >= 0.6 is 0 Å². The molecule has 0 aliphatic carbocycles. The maximum absolute atomic E-state index is 12.5. The van der Waals surface area contributed by atoms with Crippen LogP contribution in [0.3, 0.4) is 0 Å². The van der Waals surface area contributed by atoms with Crippen LogP contribution in [-0.2, 0) is 14.6 Å². The third kappa shape index (κ3) is 5.05. The van der Waals surface area contributed by atoms with Crippen molar-refractivity contribution < 1.29 is 22.7 Å². The maximum Gasteiger partial charge on any atom is 0.244 e. The molecule has 2 atom stereocenters. The zero-order chi connectivity index (χ0) is 20.1. The summed E-state index contributed by atoms with van der Waals surface area (Å²) in [5.41, 5.74) is 0.712. The lowest BCUT2D eigenvalue weighted by atomic mass is 10.0. The van der Waals surface area contributed by atoms with E-state index in [1.165, 1.54) is 12.5 Å². The number of nitrogens with one attached hydrogen (secondary N) is 1. The Balaban J connectivity index is 1.70. The smallest absolute Gasteiger partial charge is 0.244 e. The van der Waals surface area contributed by atoms with Gasteiger partial charge in [-0.05, 0) is 50.2 Å². The van der Waals surface area contributed by atoms with E-state index in [-0.39, 0.29) is 29.5 Å². The highest BCUT2D eigenvalue weighted by molar-refractivity contribution is 7.91. The summed E-state index contributed by atoms with van der Waals surface area (Å²) in [5.74, 6) is 1.09. The Kier molecular flexibility index (Phi) is 6.61. The molecule has 1 aromatic rings. The summed E-state index contributed by atoms with van der Waals surface area (Å²) in [4.78, 5) is 14.7. The fraction of sp³-hybridized carbons (Fsp3) is 0.550. The molecule has 2 saturated heterocycles. The zero-order valence-corrected chi connectivity index (χ0v) is 17.2. The highest BCUT2D eigenvalue weighted by Gasteiger charge is 2.41. The molecule has 1 aromatic carbocycles. The van der Waals surface area contributed by atoms with Gasteiger partial charge < -0.3 is 14.8 Å². The molecule has 1 amide bonds. The van der Waals surface area contributed by atoms with Crippen LogP contribution in [0.2, 0.25) is 0 Å². The van der Waals surface area contributed by atoms with E-state index >= 15 is 0 Å². The third-order valence-electron chi connectivity index (χ3n) is 5.36. The second kappa shape index (κ2) is 8.96. The predicted octanol–water partition coefficient (Wildman–Crippen LogP) is 1.48. The Hall–Kier alpha value is -2.06. The van der Waals surface area contributed by atoms with Gasteiger partial charge in [-0.2, -0.15) is 0 Å². The number of benzene rings is 1. The zero-order valence-electron chi connectivity index (χ0n) is 16.4. The summed E-state index contributed by atoms with van der Waals surface area (Å²) >= 11 is 0. The Morgan fingerprint density at radius 2 is 1.89 bits per heavy atom. The molecule has 0 radical (unpaired) electrons. The van der Waals surface area contributed by atoms with E-state index in [1.54, 1.807) is 38.5 Å². The Morgan fingerprint density at radius 1 is 1.14 bits per heavy atom. The van der Waals surface area contributed by atoms with Gasteiger partial charge in [0.25, 0.3) is 0 Å². The van der Waals surface area contributed by atoms with Crippen molar-refractivity contribution in [3.05, 3.63) is 29.8 Å². The topological polar surface area (TPSA) is 84.9 Å². The van der Waals surface area contributed by atoms with Crippen molar-refractivity contribution in [2.24, 2.45) is 0 Å². The highest BCUT2D eigenvalue weighted by atomic mass is 32.2. The monoisotopic (exact) mass is 408 g/mol. The normalized spacial score (nSPS) is 24.9. The molecule has 0 saturated carbocycles. The molecule has 7 nitrogen and oxygen atoms in total. The Labute approximate surface area is 166 Å². The number of likely N-dealkylation sites (tertiary alicyclic amines) is 1. The van der Waals surface area contributed by atoms with E-state index in [9.17, 15) is 13.2 Å². The van der Waals surface area contributed by atoms with Crippen molar-refractivity contribution in [1.29, 1.82) is 0 Å². The molecule has 2 unspecified atom stereocenters. The first-order chi connectivity index (χ1) is 13.4. The minimum Gasteiger partial charge on any atom is -0.497 e. The SMILES string of the molecule is COc1ccc(OC)c(/C=C/C(=O)NC2CS(=O)(=O)CC2N2CCCCC2)c1. The summed E-state index contributed by atoms with van der Waals surface area (Å²) in [7, 11) is -0.00935. The van der Waals surface area contributed by atoms with Crippen LogP contribution in [0.5, 0.6) is 11.5 Å². The molecule has 0 aromatic heterocycles. The van der Waals surface area contributed by atoms with Crippen molar-refractivity contribution in [1.82, 2.24) is 10.2 Å². The second-order valence-electron chi connectivity index (χ2n) is 7.30. The number of piperidine rings is 1. The number of carbonyl (C=O) groups excluding carboxylic acids is 1. The number of sulfone groups is 1. The number of nitrogens with zero attached hydrogens (tertiary/aromatic N) is 1. The van der Waals surface area contributed by atoms with Gasteiger partial charge >= 0.3 is 0 Å². The number of methoxy groups -OCH3 is 2. The van der Waals surface area contributed by atoms with E-state index < -0.39 is 9.84 Å². The van der Waals surface area contributed by atoms with Gasteiger partial charge in [-0.3, -0.25) is 9.69 Å². The van der Waals surface area contributed by atoms with Gasteiger partial charge in [0, 0.05) is 17.7 Å². The molecule has 3 rings (SSSR count). The standard InChI is InChI=1S/C20H28N2O5S/c1-26-16-7-8-19(27-2)15(12-16)6-9-20(23)21-17-13-28(24,25)14-18(17)22-10-4-3-5-11-22/h6-9,12,17-18H,3-5,10-11,13-14H2,1-2H3,(H,21,23)/b9-6+. The number of ether oxygens (including phenoxy) is 2. The number of hydrogen-bond donors (Lipinski definition) is 1. The van der Waals surface area contributed by atoms with Crippen LogP contribution in [0.25, 0.3) is 6.08 Å². The Bertz CT molecular complexity index is 831. The van der Waals surface area contributed by atoms with Crippen molar-refractivity contribution in [3.8, 4) is 11.5 Å².